The molecule has 0 fully saturated rings. The highest BCUT2D eigenvalue weighted by Crippen LogP contribution is 2.51. The average molecular weight is 618 g/mol. The first-order valence-electron chi connectivity index (χ1n) is 16.9. The van der Waals surface area contributed by atoms with Gasteiger partial charge in [-0.05, 0) is 117 Å². The van der Waals surface area contributed by atoms with Crippen molar-refractivity contribution in [2.45, 2.75) is 33.1 Å². The fourth-order valence-electron chi connectivity index (χ4n) is 7.52. The molecule has 0 saturated heterocycles. The SMILES string of the molecule is Cc1cc(N(c2ccc(-c3ccccc3)cc2)c2ccc3c(c2)C(C)(C)c2ccccc2-3)c(C)cc1-c1ccc(-c2ccccc2)cc1. The topological polar surface area (TPSA) is 3.24 Å². The van der Waals surface area contributed by atoms with Crippen LogP contribution in [0.1, 0.15) is 36.1 Å². The van der Waals surface area contributed by atoms with E-state index in [4.69, 9.17) is 0 Å². The number of aryl methyl sites for hydroxylation is 2. The average Bonchev–Trinajstić information content (AvgIpc) is 3.36. The lowest BCUT2D eigenvalue weighted by Crippen LogP contribution is -2.17. The summed E-state index contributed by atoms with van der Waals surface area (Å²) in [6, 6.07) is 59.8. The molecule has 0 spiro atoms. The lowest BCUT2D eigenvalue weighted by Gasteiger charge is -2.30. The van der Waals surface area contributed by atoms with E-state index in [1.807, 2.05) is 0 Å². The molecule has 0 aromatic heterocycles. The Hall–Kier alpha value is -5.66. The molecular formula is C47H39N. The maximum Gasteiger partial charge on any atom is 0.0493 e. The van der Waals surface area contributed by atoms with E-state index < -0.39 is 0 Å². The number of hydrogen-bond acceptors (Lipinski definition) is 1. The van der Waals surface area contributed by atoms with Crippen molar-refractivity contribution in [3.63, 3.8) is 0 Å². The van der Waals surface area contributed by atoms with E-state index in [0.29, 0.717) is 0 Å². The number of nitrogens with zero attached hydrogens (tertiary/aromatic N) is 1. The summed E-state index contributed by atoms with van der Waals surface area (Å²) in [5, 5.41) is 0. The first-order chi connectivity index (χ1) is 23.4. The summed E-state index contributed by atoms with van der Waals surface area (Å²) in [5.74, 6) is 0. The Morgan fingerprint density at radius 1 is 0.375 bits per heavy atom. The molecule has 7 aromatic rings. The molecule has 232 valence electrons. The summed E-state index contributed by atoms with van der Waals surface area (Å²) < 4.78 is 0. The van der Waals surface area contributed by atoms with Crippen LogP contribution in [0.15, 0.2) is 164 Å². The van der Waals surface area contributed by atoms with Crippen LogP contribution in [-0.4, -0.2) is 0 Å². The van der Waals surface area contributed by atoms with E-state index in [2.05, 4.69) is 196 Å². The maximum atomic E-state index is 2.44. The third kappa shape index (κ3) is 5.13. The van der Waals surface area contributed by atoms with Crippen molar-refractivity contribution in [2.24, 2.45) is 0 Å². The predicted octanol–water partition coefficient (Wildman–Crippen LogP) is 13.1. The highest BCUT2D eigenvalue weighted by Gasteiger charge is 2.35. The zero-order valence-electron chi connectivity index (χ0n) is 28.0. The van der Waals surface area contributed by atoms with E-state index in [1.165, 1.54) is 78.1 Å². The highest BCUT2D eigenvalue weighted by molar-refractivity contribution is 5.87. The first-order valence-corrected chi connectivity index (χ1v) is 16.9. The van der Waals surface area contributed by atoms with Gasteiger partial charge in [0.2, 0.25) is 0 Å². The van der Waals surface area contributed by atoms with Gasteiger partial charge in [-0.2, -0.15) is 0 Å². The normalized spacial score (nSPS) is 12.8. The molecule has 0 bridgehead atoms. The molecule has 0 heterocycles. The Kier molecular flexibility index (Phi) is 7.34. The number of rotatable bonds is 6. The van der Waals surface area contributed by atoms with Crippen LogP contribution >= 0.6 is 0 Å². The van der Waals surface area contributed by atoms with Crippen molar-refractivity contribution in [2.75, 3.05) is 4.90 Å². The van der Waals surface area contributed by atoms with Gasteiger partial charge < -0.3 is 4.90 Å². The molecule has 1 nitrogen and oxygen atoms in total. The van der Waals surface area contributed by atoms with Gasteiger partial charge in [0.05, 0.1) is 0 Å². The minimum Gasteiger partial charge on any atom is -0.310 e. The quantitative estimate of drug-likeness (QED) is 0.179. The van der Waals surface area contributed by atoms with Gasteiger partial charge in [0.15, 0.2) is 0 Å². The van der Waals surface area contributed by atoms with Crippen molar-refractivity contribution in [3.05, 3.63) is 186 Å². The molecule has 0 radical (unpaired) electrons. The van der Waals surface area contributed by atoms with Crippen molar-refractivity contribution >= 4 is 17.1 Å². The molecule has 0 unspecified atom stereocenters. The van der Waals surface area contributed by atoms with Crippen LogP contribution in [0, 0.1) is 13.8 Å². The van der Waals surface area contributed by atoms with Crippen LogP contribution in [0.5, 0.6) is 0 Å². The Balaban J connectivity index is 1.23. The number of benzene rings is 7. The van der Waals surface area contributed by atoms with Crippen LogP contribution in [-0.2, 0) is 5.41 Å². The van der Waals surface area contributed by atoms with Crippen LogP contribution in [0.2, 0.25) is 0 Å². The van der Waals surface area contributed by atoms with Gasteiger partial charge in [0, 0.05) is 22.5 Å². The summed E-state index contributed by atoms with van der Waals surface area (Å²) in [7, 11) is 0. The second-order valence-corrected chi connectivity index (χ2v) is 13.5. The van der Waals surface area contributed by atoms with Gasteiger partial charge >= 0.3 is 0 Å². The van der Waals surface area contributed by atoms with Gasteiger partial charge in [-0.3, -0.25) is 0 Å². The largest absolute Gasteiger partial charge is 0.310 e. The molecule has 0 amide bonds. The summed E-state index contributed by atoms with van der Waals surface area (Å²) >= 11 is 0. The third-order valence-electron chi connectivity index (χ3n) is 10.1. The molecule has 48 heavy (non-hydrogen) atoms. The molecule has 1 heteroatoms. The Morgan fingerprint density at radius 2 is 0.875 bits per heavy atom. The molecule has 0 saturated carbocycles. The van der Waals surface area contributed by atoms with E-state index in [-0.39, 0.29) is 5.41 Å². The van der Waals surface area contributed by atoms with Crippen LogP contribution in [0.25, 0.3) is 44.5 Å². The van der Waals surface area contributed by atoms with Gasteiger partial charge in [-0.15, -0.1) is 0 Å². The smallest absolute Gasteiger partial charge is 0.0493 e. The van der Waals surface area contributed by atoms with Gasteiger partial charge in [-0.25, -0.2) is 0 Å². The van der Waals surface area contributed by atoms with Crippen molar-refractivity contribution in [1.29, 1.82) is 0 Å². The number of anilines is 3. The van der Waals surface area contributed by atoms with Crippen molar-refractivity contribution < 1.29 is 0 Å². The van der Waals surface area contributed by atoms with Gasteiger partial charge in [0.25, 0.3) is 0 Å². The number of fused-ring (bicyclic) bond motifs is 3. The molecular weight excluding hydrogens is 579 g/mol. The van der Waals surface area contributed by atoms with Crippen LogP contribution < -0.4 is 4.90 Å². The molecule has 0 aliphatic heterocycles. The van der Waals surface area contributed by atoms with Crippen molar-refractivity contribution in [3.8, 4) is 44.5 Å². The number of hydrogen-bond donors (Lipinski definition) is 0. The Bertz CT molecular complexity index is 2240. The molecule has 7 aromatic carbocycles. The van der Waals surface area contributed by atoms with E-state index >= 15 is 0 Å². The molecule has 8 rings (SSSR count). The van der Waals surface area contributed by atoms with Crippen molar-refractivity contribution in [1.82, 2.24) is 0 Å². The Morgan fingerprint density at radius 3 is 1.52 bits per heavy atom. The Labute approximate surface area is 284 Å². The standard InChI is InChI=1S/C47H39N/c1-32-30-46(33(2)29-43(32)38-21-19-36(20-22-38)34-13-7-5-8-14-34)48(39-25-23-37(24-26-39)35-15-9-6-10-16-35)40-27-28-42-41-17-11-12-18-44(41)47(3,4)45(42)31-40/h5-31H,1-4H3. The fourth-order valence-corrected chi connectivity index (χ4v) is 7.52. The highest BCUT2D eigenvalue weighted by atomic mass is 15.1. The first kappa shape index (κ1) is 29.7. The predicted molar refractivity (Wildman–Crippen MR) is 204 cm³/mol. The minimum absolute atomic E-state index is 0.0779. The second-order valence-electron chi connectivity index (χ2n) is 13.5. The maximum absolute atomic E-state index is 2.44. The molecule has 1 aliphatic rings. The van der Waals surface area contributed by atoms with E-state index in [9.17, 15) is 0 Å². The second kappa shape index (κ2) is 11.9. The fraction of sp³-hybridized carbons (Fsp3) is 0.106. The van der Waals surface area contributed by atoms with Gasteiger partial charge in [-0.1, -0.05) is 141 Å². The lowest BCUT2D eigenvalue weighted by molar-refractivity contribution is 0.660. The summed E-state index contributed by atoms with van der Waals surface area (Å²) in [6.07, 6.45) is 0. The lowest BCUT2D eigenvalue weighted by atomic mass is 9.82. The van der Waals surface area contributed by atoms with E-state index in [0.717, 1.165) is 5.69 Å². The zero-order chi connectivity index (χ0) is 32.8. The summed E-state index contributed by atoms with van der Waals surface area (Å²) in [4.78, 5) is 2.44. The monoisotopic (exact) mass is 617 g/mol. The zero-order valence-corrected chi connectivity index (χ0v) is 28.0. The third-order valence-corrected chi connectivity index (χ3v) is 10.1. The molecule has 1 aliphatic carbocycles. The molecule has 0 atom stereocenters. The molecule has 0 N–H and O–H groups in total. The van der Waals surface area contributed by atoms with E-state index in [1.54, 1.807) is 0 Å². The van der Waals surface area contributed by atoms with Crippen LogP contribution in [0.4, 0.5) is 17.1 Å². The van der Waals surface area contributed by atoms with Crippen LogP contribution in [0.3, 0.4) is 0 Å². The minimum atomic E-state index is -0.0779. The summed E-state index contributed by atoms with van der Waals surface area (Å²) in [6.45, 7) is 9.19. The van der Waals surface area contributed by atoms with Gasteiger partial charge in [0.1, 0.15) is 0 Å². The summed E-state index contributed by atoms with van der Waals surface area (Å²) in [5.41, 5.74) is 18.8.